The Labute approximate surface area is 114 Å². The lowest BCUT2D eigenvalue weighted by molar-refractivity contribution is -0.385. The fourth-order valence-corrected chi connectivity index (χ4v) is 2.10. The Balaban J connectivity index is 2.40. The normalized spacial score (nSPS) is 21.6. The summed E-state index contributed by atoms with van der Waals surface area (Å²) in [7, 11) is 0. The van der Waals surface area contributed by atoms with Gasteiger partial charge in [-0.3, -0.25) is 19.9 Å². The Bertz CT molecular complexity index is 558. The SMILES string of the molecule is CC(C)N1NC(c2cccc([N+](=O)[O-])c2)C(O)(O)C1=O. The largest absolute Gasteiger partial charge is 0.357 e. The van der Waals surface area contributed by atoms with E-state index >= 15 is 0 Å². The topological polar surface area (TPSA) is 116 Å². The molecule has 1 saturated heterocycles. The molecule has 0 aliphatic carbocycles. The molecular formula is C12H15N3O5. The molecule has 1 amide bonds. The maximum absolute atomic E-state index is 11.9. The molecule has 20 heavy (non-hydrogen) atoms. The van der Waals surface area contributed by atoms with Crippen LogP contribution in [-0.2, 0) is 4.79 Å². The molecule has 1 aliphatic heterocycles. The smallest absolute Gasteiger partial charge is 0.299 e. The second-order valence-electron chi connectivity index (χ2n) is 4.91. The van der Waals surface area contributed by atoms with Crippen LogP contribution in [0.3, 0.4) is 0 Å². The Morgan fingerprint density at radius 3 is 2.60 bits per heavy atom. The quantitative estimate of drug-likeness (QED) is 0.410. The Morgan fingerprint density at radius 2 is 2.10 bits per heavy atom. The Kier molecular flexibility index (Phi) is 3.46. The van der Waals surface area contributed by atoms with Crippen molar-refractivity contribution in [3.63, 3.8) is 0 Å². The number of aliphatic hydroxyl groups is 2. The molecule has 0 bridgehead atoms. The number of nitro benzene ring substituents is 1. The Hall–Kier alpha value is -2.03. The van der Waals surface area contributed by atoms with E-state index in [2.05, 4.69) is 5.43 Å². The summed E-state index contributed by atoms with van der Waals surface area (Å²) in [5.74, 6) is -3.52. The Morgan fingerprint density at radius 1 is 1.45 bits per heavy atom. The highest BCUT2D eigenvalue weighted by molar-refractivity contribution is 5.86. The van der Waals surface area contributed by atoms with E-state index in [1.807, 2.05) is 0 Å². The van der Waals surface area contributed by atoms with Crippen molar-refractivity contribution in [1.82, 2.24) is 10.4 Å². The molecule has 2 rings (SSSR count). The van der Waals surface area contributed by atoms with Crippen molar-refractivity contribution >= 4 is 11.6 Å². The molecule has 0 aromatic heterocycles. The summed E-state index contributed by atoms with van der Waals surface area (Å²) in [6, 6.07) is 3.96. The van der Waals surface area contributed by atoms with Gasteiger partial charge in [0.05, 0.1) is 4.92 Å². The standard InChI is InChI=1S/C12H15N3O5/c1-7(2)14-11(16)12(17,18)10(13-14)8-4-3-5-9(6-8)15(19)20/h3-7,10,13,17-18H,1-2H3. The third-order valence-electron chi connectivity index (χ3n) is 3.14. The maximum Gasteiger partial charge on any atom is 0.299 e. The van der Waals surface area contributed by atoms with Crippen LogP contribution >= 0.6 is 0 Å². The van der Waals surface area contributed by atoms with Crippen molar-refractivity contribution in [2.45, 2.75) is 31.7 Å². The van der Waals surface area contributed by atoms with E-state index < -0.39 is 22.7 Å². The minimum absolute atomic E-state index is 0.185. The molecule has 8 nitrogen and oxygen atoms in total. The van der Waals surface area contributed by atoms with Crippen LogP contribution in [0.4, 0.5) is 5.69 Å². The number of carbonyl (C=O) groups is 1. The van der Waals surface area contributed by atoms with Crippen LogP contribution in [0.2, 0.25) is 0 Å². The minimum atomic E-state index is -2.64. The number of rotatable bonds is 3. The fraction of sp³-hybridized carbons (Fsp3) is 0.417. The number of hydrazine groups is 1. The van der Waals surface area contributed by atoms with Crippen molar-refractivity contribution < 1.29 is 19.9 Å². The van der Waals surface area contributed by atoms with E-state index in [1.165, 1.54) is 24.3 Å². The van der Waals surface area contributed by atoms with Gasteiger partial charge < -0.3 is 10.2 Å². The van der Waals surface area contributed by atoms with Gasteiger partial charge in [0, 0.05) is 18.2 Å². The highest BCUT2D eigenvalue weighted by Gasteiger charge is 2.53. The monoisotopic (exact) mass is 281 g/mol. The number of benzene rings is 1. The van der Waals surface area contributed by atoms with E-state index in [0.717, 1.165) is 5.01 Å². The van der Waals surface area contributed by atoms with Gasteiger partial charge >= 0.3 is 0 Å². The zero-order chi connectivity index (χ0) is 15.1. The molecule has 1 unspecified atom stereocenters. The average molecular weight is 281 g/mol. The number of hydrogen-bond donors (Lipinski definition) is 3. The molecule has 1 fully saturated rings. The number of carbonyl (C=O) groups excluding carboxylic acids is 1. The molecule has 0 radical (unpaired) electrons. The van der Waals surface area contributed by atoms with Gasteiger partial charge in [0.1, 0.15) is 6.04 Å². The number of amides is 1. The average Bonchev–Trinajstić information content (AvgIpc) is 2.61. The predicted octanol–water partition coefficient (Wildman–Crippen LogP) is 0.0720. The maximum atomic E-state index is 11.9. The molecule has 108 valence electrons. The first-order valence-corrected chi connectivity index (χ1v) is 6.04. The van der Waals surface area contributed by atoms with Crippen molar-refractivity contribution in [3.05, 3.63) is 39.9 Å². The van der Waals surface area contributed by atoms with E-state index in [4.69, 9.17) is 0 Å². The van der Waals surface area contributed by atoms with Gasteiger partial charge in [-0.2, -0.15) is 0 Å². The van der Waals surface area contributed by atoms with Crippen molar-refractivity contribution in [2.75, 3.05) is 0 Å². The summed E-state index contributed by atoms with van der Waals surface area (Å²) in [5, 5.41) is 31.8. The molecule has 1 atom stereocenters. The molecule has 1 aromatic rings. The zero-order valence-corrected chi connectivity index (χ0v) is 11.0. The molecule has 0 spiro atoms. The first kappa shape index (κ1) is 14.4. The number of hydrogen-bond acceptors (Lipinski definition) is 6. The first-order valence-electron chi connectivity index (χ1n) is 6.04. The highest BCUT2D eigenvalue weighted by Crippen LogP contribution is 2.33. The van der Waals surface area contributed by atoms with Crippen molar-refractivity contribution in [2.24, 2.45) is 0 Å². The van der Waals surface area contributed by atoms with Crippen LogP contribution in [0, 0.1) is 10.1 Å². The fourth-order valence-electron chi connectivity index (χ4n) is 2.10. The lowest BCUT2D eigenvalue weighted by Gasteiger charge is -2.20. The lowest BCUT2D eigenvalue weighted by atomic mass is 9.99. The first-order chi connectivity index (χ1) is 9.25. The van der Waals surface area contributed by atoms with Gasteiger partial charge in [-0.25, -0.2) is 5.43 Å². The summed E-state index contributed by atoms with van der Waals surface area (Å²) in [4.78, 5) is 22.1. The van der Waals surface area contributed by atoms with E-state index in [9.17, 15) is 25.1 Å². The van der Waals surface area contributed by atoms with E-state index in [-0.39, 0.29) is 17.3 Å². The molecule has 0 saturated carbocycles. The second-order valence-corrected chi connectivity index (χ2v) is 4.91. The van der Waals surface area contributed by atoms with Crippen LogP contribution in [-0.4, -0.2) is 37.9 Å². The molecule has 1 aliphatic rings. The van der Waals surface area contributed by atoms with Gasteiger partial charge in [0.2, 0.25) is 0 Å². The van der Waals surface area contributed by atoms with Crippen molar-refractivity contribution in [1.29, 1.82) is 0 Å². The molecule has 3 N–H and O–H groups in total. The minimum Gasteiger partial charge on any atom is -0.357 e. The van der Waals surface area contributed by atoms with Gasteiger partial charge in [-0.15, -0.1) is 0 Å². The lowest BCUT2D eigenvalue weighted by Crippen LogP contribution is -2.44. The van der Waals surface area contributed by atoms with Crippen LogP contribution in [0.1, 0.15) is 25.5 Å². The highest BCUT2D eigenvalue weighted by atomic mass is 16.6. The molecule has 1 aromatic carbocycles. The number of nitrogens with zero attached hydrogens (tertiary/aromatic N) is 2. The van der Waals surface area contributed by atoms with Gasteiger partial charge in [0.15, 0.2) is 0 Å². The number of nitrogens with one attached hydrogen (secondary N) is 1. The summed E-state index contributed by atoms with van der Waals surface area (Å²) in [6.07, 6.45) is 0. The van der Waals surface area contributed by atoms with Gasteiger partial charge in [-0.05, 0) is 19.4 Å². The number of non-ortho nitro benzene ring substituents is 1. The summed E-state index contributed by atoms with van der Waals surface area (Å²) < 4.78 is 0. The van der Waals surface area contributed by atoms with Crippen LogP contribution in [0.5, 0.6) is 0 Å². The van der Waals surface area contributed by atoms with Crippen LogP contribution < -0.4 is 5.43 Å². The summed E-state index contributed by atoms with van der Waals surface area (Å²) >= 11 is 0. The van der Waals surface area contributed by atoms with Crippen LogP contribution in [0.15, 0.2) is 24.3 Å². The summed E-state index contributed by atoms with van der Waals surface area (Å²) in [6.45, 7) is 3.41. The van der Waals surface area contributed by atoms with Crippen molar-refractivity contribution in [3.8, 4) is 0 Å². The predicted molar refractivity (Wildman–Crippen MR) is 68.1 cm³/mol. The zero-order valence-electron chi connectivity index (χ0n) is 11.0. The third kappa shape index (κ3) is 2.24. The van der Waals surface area contributed by atoms with Gasteiger partial charge in [-0.1, -0.05) is 12.1 Å². The van der Waals surface area contributed by atoms with Gasteiger partial charge in [0.25, 0.3) is 17.4 Å². The van der Waals surface area contributed by atoms with Crippen LogP contribution in [0.25, 0.3) is 0 Å². The molecule has 1 heterocycles. The summed E-state index contributed by atoms with van der Waals surface area (Å²) in [5.41, 5.74) is 2.74. The second kappa shape index (κ2) is 4.82. The van der Waals surface area contributed by atoms with E-state index in [0.29, 0.717) is 0 Å². The van der Waals surface area contributed by atoms with E-state index in [1.54, 1.807) is 13.8 Å². The molecular weight excluding hydrogens is 266 g/mol. The third-order valence-corrected chi connectivity index (χ3v) is 3.14. The number of nitro groups is 1. The molecule has 8 heteroatoms.